The number of benzene rings is 1. The molecule has 1 aromatic carbocycles. The van der Waals surface area contributed by atoms with Crippen molar-refractivity contribution in [2.75, 3.05) is 31.2 Å². The van der Waals surface area contributed by atoms with Crippen molar-refractivity contribution < 1.29 is 14.3 Å². The number of ether oxygens (including phenoxy) is 2. The first-order valence-corrected chi connectivity index (χ1v) is 7.32. The van der Waals surface area contributed by atoms with Gasteiger partial charge in [-0.1, -0.05) is 12.1 Å². The Morgan fingerprint density at radius 2 is 2.05 bits per heavy atom. The van der Waals surface area contributed by atoms with Crippen LogP contribution in [0.4, 0.5) is 10.5 Å². The van der Waals surface area contributed by atoms with E-state index in [1.807, 2.05) is 32.9 Å². The summed E-state index contributed by atoms with van der Waals surface area (Å²) in [5, 5.41) is 2.78. The monoisotopic (exact) mass is 292 g/mol. The Balaban J connectivity index is 1.90. The standard InChI is InChI=1S/C16H24N2O3/c1-16(2,3)21-15(19)17-12-13-5-4-6-14(11-13)18-7-9-20-10-8-18/h4-6,11H,7-10,12H2,1-3H3,(H,17,19). The third-order valence-electron chi connectivity index (χ3n) is 3.12. The zero-order valence-electron chi connectivity index (χ0n) is 13.0. The molecule has 1 aromatic rings. The SMILES string of the molecule is CC(C)(C)OC(=O)NCc1cccc(N2CCOCC2)c1. The number of carbonyl (C=O) groups is 1. The molecule has 0 unspecified atom stereocenters. The maximum atomic E-state index is 11.7. The first kappa shape index (κ1) is 15.6. The summed E-state index contributed by atoms with van der Waals surface area (Å²) >= 11 is 0. The molecule has 0 aromatic heterocycles. The number of alkyl carbamates (subject to hydrolysis) is 1. The molecule has 5 heteroatoms. The van der Waals surface area contributed by atoms with E-state index in [1.165, 1.54) is 5.69 Å². The second-order valence-corrected chi connectivity index (χ2v) is 6.12. The van der Waals surface area contributed by atoms with Crippen LogP contribution in [0.3, 0.4) is 0 Å². The number of anilines is 1. The molecule has 1 fully saturated rings. The fourth-order valence-corrected chi connectivity index (χ4v) is 2.17. The minimum absolute atomic E-state index is 0.390. The van der Waals surface area contributed by atoms with Gasteiger partial charge in [0.1, 0.15) is 5.60 Å². The van der Waals surface area contributed by atoms with Gasteiger partial charge in [0, 0.05) is 25.3 Å². The van der Waals surface area contributed by atoms with Gasteiger partial charge in [-0.2, -0.15) is 0 Å². The molecule has 2 rings (SSSR count). The summed E-state index contributed by atoms with van der Waals surface area (Å²) in [5.41, 5.74) is 1.76. The quantitative estimate of drug-likeness (QED) is 0.930. The van der Waals surface area contributed by atoms with Crippen molar-refractivity contribution in [3.63, 3.8) is 0 Å². The first-order chi connectivity index (χ1) is 9.94. The summed E-state index contributed by atoms with van der Waals surface area (Å²) < 4.78 is 10.6. The van der Waals surface area contributed by atoms with Crippen LogP contribution in [0, 0.1) is 0 Å². The molecule has 0 spiro atoms. The molecular weight excluding hydrogens is 268 g/mol. The number of carbonyl (C=O) groups excluding carboxylic acids is 1. The van der Waals surface area contributed by atoms with Gasteiger partial charge in [-0.3, -0.25) is 0 Å². The molecule has 1 saturated heterocycles. The Bertz CT molecular complexity index is 477. The predicted octanol–water partition coefficient (Wildman–Crippen LogP) is 2.55. The number of amides is 1. The van der Waals surface area contributed by atoms with Crippen LogP contribution in [0.1, 0.15) is 26.3 Å². The molecule has 0 aliphatic carbocycles. The van der Waals surface area contributed by atoms with E-state index >= 15 is 0 Å². The minimum atomic E-state index is -0.472. The molecular formula is C16H24N2O3. The molecule has 5 nitrogen and oxygen atoms in total. The lowest BCUT2D eigenvalue weighted by Crippen LogP contribution is -2.36. The highest BCUT2D eigenvalue weighted by Crippen LogP contribution is 2.17. The van der Waals surface area contributed by atoms with Gasteiger partial charge in [-0.05, 0) is 38.5 Å². The van der Waals surface area contributed by atoms with Gasteiger partial charge in [-0.15, -0.1) is 0 Å². The van der Waals surface area contributed by atoms with Gasteiger partial charge in [0.05, 0.1) is 13.2 Å². The third kappa shape index (κ3) is 5.27. The zero-order chi connectivity index (χ0) is 15.3. The molecule has 1 aliphatic rings. The number of hydrogen-bond donors (Lipinski definition) is 1. The molecule has 1 N–H and O–H groups in total. The summed E-state index contributed by atoms with van der Waals surface area (Å²) in [6, 6.07) is 8.20. The fraction of sp³-hybridized carbons (Fsp3) is 0.562. The van der Waals surface area contributed by atoms with Gasteiger partial charge >= 0.3 is 6.09 Å². The average molecular weight is 292 g/mol. The lowest BCUT2D eigenvalue weighted by Gasteiger charge is -2.29. The second-order valence-electron chi connectivity index (χ2n) is 6.12. The normalized spacial score (nSPS) is 15.7. The van der Waals surface area contributed by atoms with Crippen LogP contribution < -0.4 is 10.2 Å². The van der Waals surface area contributed by atoms with E-state index in [2.05, 4.69) is 22.3 Å². The van der Waals surface area contributed by atoms with E-state index in [-0.39, 0.29) is 6.09 Å². The second kappa shape index (κ2) is 6.80. The third-order valence-corrected chi connectivity index (χ3v) is 3.12. The number of morpholine rings is 1. The molecule has 1 aliphatic heterocycles. The Labute approximate surface area is 126 Å². The van der Waals surface area contributed by atoms with Crippen LogP contribution in [-0.4, -0.2) is 38.0 Å². The van der Waals surface area contributed by atoms with E-state index in [4.69, 9.17) is 9.47 Å². The van der Waals surface area contributed by atoms with Crippen LogP contribution >= 0.6 is 0 Å². The smallest absolute Gasteiger partial charge is 0.407 e. The zero-order valence-corrected chi connectivity index (χ0v) is 13.0. The number of hydrogen-bond acceptors (Lipinski definition) is 4. The Morgan fingerprint density at radius 1 is 1.33 bits per heavy atom. The maximum Gasteiger partial charge on any atom is 0.407 e. The maximum absolute atomic E-state index is 11.7. The van der Waals surface area contributed by atoms with Crippen LogP contribution in [0.5, 0.6) is 0 Å². The lowest BCUT2D eigenvalue weighted by atomic mass is 10.2. The topological polar surface area (TPSA) is 50.8 Å². The highest BCUT2D eigenvalue weighted by Gasteiger charge is 2.16. The van der Waals surface area contributed by atoms with Crippen molar-refractivity contribution in [3.05, 3.63) is 29.8 Å². The minimum Gasteiger partial charge on any atom is -0.444 e. The van der Waals surface area contributed by atoms with E-state index in [0.29, 0.717) is 6.54 Å². The average Bonchev–Trinajstić information content (AvgIpc) is 2.45. The van der Waals surface area contributed by atoms with E-state index in [1.54, 1.807) is 0 Å². The Morgan fingerprint density at radius 3 is 2.71 bits per heavy atom. The van der Waals surface area contributed by atoms with E-state index < -0.39 is 5.60 Å². The van der Waals surface area contributed by atoms with E-state index in [0.717, 1.165) is 31.9 Å². The lowest BCUT2D eigenvalue weighted by molar-refractivity contribution is 0.0523. The fourth-order valence-electron chi connectivity index (χ4n) is 2.17. The highest BCUT2D eigenvalue weighted by molar-refractivity contribution is 5.67. The predicted molar refractivity (Wildman–Crippen MR) is 82.5 cm³/mol. The largest absolute Gasteiger partial charge is 0.444 e. The molecule has 116 valence electrons. The van der Waals surface area contributed by atoms with Crippen LogP contribution in [0.15, 0.2) is 24.3 Å². The molecule has 0 atom stereocenters. The molecule has 1 heterocycles. The van der Waals surface area contributed by atoms with Crippen LogP contribution in [0.25, 0.3) is 0 Å². The highest BCUT2D eigenvalue weighted by atomic mass is 16.6. The summed E-state index contributed by atoms with van der Waals surface area (Å²) in [7, 11) is 0. The van der Waals surface area contributed by atoms with Crippen LogP contribution in [0.2, 0.25) is 0 Å². The van der Waals surface area contributed by atoms with Crippen molar-refractivity contribution in [3.8, 4) is 0 Å². The van der Waals surface area contributed by atoms with Crippen molar-refractivity contribution in [2.24, 2.45) is 0 Å². The van der Waals surface area contributed by atoms with Crippen LogP contribution in [-0.2, 0) is 16.0 Å². The van der Waals surface area contributed by atoms with Gasteiger partial charge < -0.3 is 19.7 Å². The summed E-state index contributed by atoms with van der Waals surface area (Å²) in [4.78, 5) is 14.0. The van der Waals surface area contributed by atoms with Gasteiger partial charge in [0.2, 0.25) is 0 Å². The number of nitrogens with zero attached hydrogens (tertiary/aromatic N) is 1. The number of nitrogens with one attached hydrogen (secondary N) is 1. The molecule has 0 bridgehead atoms. The molecule has 0 saturated carbocycles. The summed E-state index contributed by atoms with van der Waals surface area (Å²) in [6.45, 7) is 9.36. The summed E-state index contributed by atoms with van der Waals surface area (Å²) in [5.74, 6) is 0. The van der Waals surface area contributed by atoms with Gasteiger partial charge in [0.15, 0.2) is 0 Å². The molecule has 1 amide bonds. The Kier molecular flexibility index (Phi) is 5.07. The summed E-state index contributed by atoms with van der Waals surface area (Å²) in [6.07, 6.45) is -0.390. The van der Waals surface area contributed by atoms with Crippen molar-refractivity contribution in [1.29, 1.82) is 0 Å². The molecule has 0 radical (unpaired) electrons. The van der Waals surface area contributed by atoms with E-state index in [9.17, 15) is 4.79 Å². The molecule has 21 heavy (non-hydrogen) atoms. The first-order valence-electron chi connectivity index (χ1n) is 7.32. The van der Waals surface area contributed by atoms with Crippen molar-refractivity contribution >= 4 is 11.8 Å². The van der Waals surface area contributed by atoms with Gasteiger partial charge in [0.25, 0.3) is 0 Å². The van der Waals surface area contributed by atoms with Crippen molar-refractivity contribution in [1.82, 2.24) is 5.32 Å². The Hall–Kier alpha value is -1.75. The van der Waals surface area contributed by atoms with Gasteiger partial charge in [-0.25, -0.2) is 4.79 Å². The number of rotatable bonds is 3. The van der Waals surface area contributed by atoms with Crippen molar-refractivity contribution in [2.45, 2.75) is 32.9 Å².